The van der Waals surface area contributed by atoms with Crippen LogP contribution in [0.1, 0.15) is 42.1 Å². The van der Waals surface area contributed by atoms with Crippen molar-refractivity contribution in [2.75, 3.05) is 6.54 Å². The first-order valence-electron chi connectivity index (χ1n) is 10.8. The van der Waals surface area contributed by atoms with E-state index in [0.717, 1.165) is 42.7 Å². The Bertz CT molecular complexity index is 1070. The molecule has 0 aromatic heterocycles. The molecule has 4 rings (SSSR count). The van der Waals surface area contributed by atoms with Crippen molar-refractivity contribution in [2.24, 2.45) is 0 Å². The smallest absolute Gasteiger partial charge is 0.254 e. The molecular weight excluding hydrogens is 384 g/mol. The van der Waals surface area contributed by atoms with Gasteiger partial charge in [0.25, 0.3) is 5.91 Å². The van der Waals surface area contributed by atoms with Crippen molar-refractivity contribution in [3.05, 3.63) is 90.0 Å². The van der Waals surface area contributed by atoms with Crippen molar-refractivity contribution in [3.8, 4) is 22.9 Å². The Morgan fingerprint density at radius 3 is 2.45 bits per heavy atom. The lowest BCUT2D eigenvalue weighted by atomic mass is 9.96. The molecule has 4 heteroatoms. The van der Waals surface area contributed by atoms with Gasteiger partial charge in [-0.25, -0.2) is 0 Å². The molecule has 2 unspecified atom stereocenters. The van der Waals surface area contributed by atoms with Gasteiger partial charge in [-0.15, -0.1) is 0 Å². The van der Waals surface area contributed by atoms with Gasteiger partial charge in [-0.3, -0.25) is 4.79 Å². The third kappa shape index (κ3) is 4.62. The molecular formula is C27H26N2O2. The number of ether oxygens (including phenoxy) is 1. The van der Waals surface area contributed by atoms with E-state index >= 15 is 0 Å². The molecule has 1 aliphatic rings. The molecule has 0 saturated carbocycles. The van der Waals surface area contributed by atoms with Crippen LogP contribution in [0.4, 0.5) is 0 Å². The molecule has 31 heavy (non-hydrogen) atoms. The minimum atomic E-state index is -0.0894. The number of carbonyl (C=O) groups is 1. The van der Waals surface area contributed by atoms with E-state index in [0.29, 0.717) is 11.1 Å². The zero-order valence-electron chi connectivity index (χ0n) is 17.7. The molecule has 0 spiro atoms. The predicted molar refractivity (Wildman–Crippen MR) is 122 cm³/mol. The summed E-state index contributed by atoms with van der Waals surface area (Å²) in [7, 11) is 0. The van der Waals surface area contributed by atoms with E-state index in [1.54, 1.807) is 6.07 Å². The number of likely N-dealkylation sites (tertiary alicyclic amines) is 1. The second kappa shape index (κ2) is 9.49. The van der Waals surface area contributed by atoms with Crippen LogP contribution in [0.15, 0.2) is 78.9 Å². The number of amides is 1. The highest BCUT2D eigenvalue weighted by Crippen LogP contribution is 2.27. The molecule has 1 heterocycles. The van der Waals surface area contributed by atoms with Crippen LogP contribution in [0.25, 0.3) is 11.1 Å². The largest absolute Gasteiger partial charge is 0.489 e. The van der Waals surface area contributed by atoms with Gasteiger partial charge in [-0.1, -0.05) is 48.5 Å². The van der Waals surface area contributed by atoms with Gasteiger partial charge >= 0.3 is 0 Å². The Kier molecular flexibility index (Phi) is 6.33. The number of para-hydroxylation sites is 1. The average molecular weight is 411 g/mol. The minimum absolute atomic E-state index is 0.0355. The van der Waals surface area contributed by atoms with Crippen LogP contribution in [-0.4, -0.2) is 29.5 Å². The normalized spacial score (nSPS) is 16.9. The first-order valence-corrected chi connectivity index (χ1v) is 10.8. The second-order valence-electron chi connectivity index (χ2n) is 7.93. The van der Waals surface area contributed by atoms with Gasteiger partial charge in [0, 0.05) is 12.1 Å². The maximum Gasteiger partial charge on any atom is 0.254 e. The van der Waals surface area contributed by atoms with Crippen LogP contribution in [-0.2, 0) is 0 Å². The van der Waals surface area contributed by atoms with Gasteiger partial charge < -0.3 is 9.64 Å². The Labute approximate surface area is 183 Å². The first kappa shape index (κ1) is 20.7. The third-order valence-corrected chi connectivity index (χ3v) is 5.91. The van der Waals surface area contributed by atoms with Crippen molar-refractivity contribution in [1.82, 2.24) is 4.90 Å². The van der Waals surface area contributed by atoms with E-state index in [4.69, 9.17) is 4.74 Å². The number of nitriles is 1. The monoisotopic (exact) mass is 410 g/mol. The van der Waals surface area contributed by atoms with E-state index < -0.39 is 0 Å². The predicted octanol–water partition coefficient (Wildman–Crippen LogP) is 5.69. The average Bonchev–Trinajstić information content (AvgIpc) is 2.84. The number of hydrogen-bond acceptors (Lipinski definition) is 3. The van der Waals surface area contributed by atoms with Crippen molar-refractivity contribution < 1.29 is 9.53 Å². The Balaban J connectivity index is 1.52. The van der Waals surface area contributed by atoms with Crippen LogP contribution in [0.2, 0.25) is 0 Å². The molecule has 0 bridgehead atoms. The van der Waals surface area contributed by atoms with Gasteiger partial charge in [0.05, 0.1) is 17.7 Å². The Morgan fingerprint density at radius 2 is 1.71 bits per heavy atom. The molecule has 3 aromatic rings. The standard InChI is InChI=1S/C27H26N2O2/c1-20(31-24-10-3-2-4-11-24)26-13-7-8-18-29(26)27(30)22-16-14-21(15-17-22)25-12-6-5-9-23(25)19-28/h2-6,9-12,14-17,20,26H,7-8,13,18H2,1H3. The third-order valence-electron chi connectivity index (χ3n) is 5.91. The number of piperidine rings is 1. The molecule has 3 aromatic carbocycles. The second-order valence-corrected chi connectivity index (χ2v) is 7.93. The summed E-state index contributed by atoms with van der Waals surface area (Å²) >= 11 is 0. The van der Waals surface area contributed by atoms with E-state index in [-0.39, 0.29) is 18.1 Å². The molecule has 0 aliphatic carbocycles. The van der Waals surface area contributed by atoms with E-state index in [1.165, 1.54) is 0 Å². The summed E-state index contributed by atoms with van der Waals surface area (Å²) in [5.74, 6) is 0.863. The van der Waals surface area contributed by atoms with E-state index in [9.17, 15) is 10.1 Å². The summed E-state index contributed by atoms with van der Waals surface area (Å²) in [6.07, 6.45) is 2.95. The van der Waals surface area contributed by atoms with Crippen molar-refractivity contribution in [2.45, 2.75) is 38.3 Å². The molecule has 4 nitrogen and oxygen atoms in total. The van der Waals surface area contributed by atoms with Crippen LogP contribution >= 0.6 is 0 Å². The fourth-order valence-corrected chi connectivity index (χ4v) is 4.28. The lowest BCUT2D eigenvalue weighted by Gasteiger charge is -2.39. The van der Waals surface area contributed by atoms with E-state index in [1.807, 2.05) is 84.6 Å². The van der Waals surface area contributed by atoms with Crippen molar-refractivity contribution in [1.29, 1.82) is 5.26 Å². The molecule has 1 amide bonds. The van der Waals surface area contributed by atoms with Crippen LogP contribution < -0.4 is 4.74 Å². The van der Waals surface area contributed by atoms with Gasteiger partial charge in [0.1, 0.15) is 11.9 Å². The van der Waals surface area contributed by atoms with Gasteiger partial charge in [0.15, 0.2) is 0 Å². The topological polar surface area (TPSA) is 53.3 Å². The maximum atomic E-state index is 13.4. The van der Waals surface area contributed by atoms with Gasteiger partial charge in [-0.05, 0) is 67.6 Å². The zero-order chi connectivity index (χ0) is 21.6. The molecule has 0 radical (unpaired) electrons. The van der Waals surface area contributed by atoms with Crippen molar-refractivity contribution in [3.63, 3.8) is 0 Å². The summed E-state index contributed by atoms with van der Waals surface area (Å²) in [6, 6.07) is 27.1. The highest BCUT2D eigenvalue weighted by Gasteiger charge is 2.32. The Hall–Kier alpha value is -3.58. The fraction of sp³-hybridized carbons (Fsp3) is 0.259. The molecule has 156 valence electrons. The highest BCUT2D eigenvalue weighted by atomic mass is 16.5. The van der Waals surface area contributed by atoms with Gasteiger partial charge in [0.2, 0.25) is 0 Å². The minimum Gasteiger partial charge on any atom is -0.489 e. The Morgan fingerprint density at radius 1 is 1.00 bits per heavy atom. The number of carbonyl (C=O) groups excluding carboxylic acids is 1. The molecule has 1 fully saturated rings. The number of benzene rings is 3. The summed E-state index contributed by atoms with van der Waals surface area (Å²) in [6.45, 7) is 2.79. The van der Waals surface area contributed by atoms with Crippen LogP contribution in [0, 0.1) is 11.3 Å². The number of hydrogen-bond donors (Lipinski definition) is 0. The number of nitrogens with zero attached hydrogens (tertiary/aromatic N) is 2. The maximum absolute atomic E-state index is 13.4. The van der Waals surface area contributed by atoms with Crippen LogP contribution in [0.5, 0.6) is 5.75 Å². The van der Waals surface area contributed by atoms with Gasteiger partial charge in [-0.2, -0.15) is 5.26 Å². The summed E-state index contributed by atoms with van der Waals surface area (Å²) in [5, 5.41) is 9.36. The SMILES string of the molecule is CC(Oc1ccccc1)C1CCCCN1C(=O)c1ccc(-c2ccccc2C#N)cc1. The summed E-state index contributed by atoms with van der Waals surface area (Å²) in [4.78, 5) is 15.3. The highest BCUT2D eigenvalue weighted by molar-refractivity contribution is 5.95. The summed E-state index contributed by atoms with van der Waals surface area (Å²) in [5.41, 5.74) is 3.11. The molecule has 1 aliphatic heterocycles. The summed E-state index contributed by atoms with van der Waals surface area (Å²) < 4.78 is 6.15. The van der Waals surface area contributed by atoms with E-state index in [2.05, 4.69) is 6.07 Å². The molecule has 2 atom stereocenters. The lowest BCUT2D eigenvalue weighted by Crippen LogP contribution is -2.50. The lowest BCUT2D eigenvalue weighted by molar-refractivity contribution is 0.0353. The molecule has 1 saturated heterocycles. The van der Waals surface area contributed by atoms with Crippen LogP contribution in [0.3, 0.4) is 0 Å². The molecule has 0 N–H and O–H groups in total. The number of rotatable bonds is 5. The zero-order valence-corrected chi connectivity index (χ0v) is 17.7. The van der Waals surface area contributed by atoms with Crippen molar-refractivity contribution >= 4 is 5.91 Å². The first-order chi connectivity index (χ1) is 15.2. The quantitative estimate of drug-likeness (QED) is 0.543. The fourth-order valence-electron chi connectivity index (χ4n) is 4.28.